The summed E-state index contributed by atoms with van der Waals surface area (Å²) in [5.41, 5.74) is 0.948. The van der Waals surface area contributed by atoms with Crippen LogP contribution in [0.25, 0.3) is 0 Å². The molecule has 1 unspecified atom stereocenters. The van der Waals surface area contributed by atoms with Gasteiger partial charge in [0.1, 0.15) is 23.2 Å². The van der Waals surface area contributed by atoms with Crippen LogP contribution in [0.5, 0.6) is 0 Å². The molecule has 1 saturated heterocycles. The molecule has 0 bridgehead atoms. The smallest absolute Gasteiger partial charge is 0.270 e. The lowest BCUT2D eigenvalue weighted by molar-refractivity contribution is 0.0853. The highest BCUT2D eigenvalue weighted by atomic mass is 19.1. The highest BCUT2D eigenvalue weighted by Gasteiger charge is 2.17. The number of carbonyl (C=O) groups excluding carboxylic acids is 1. The van der Waals surface area contributed by atoms with Crippen LogP contribution in [-0.2, 0) is 11.2 Å². The Bertz CT molecular complexity index is 763. The summed E-state index contributed by atoms with van der Waals surface area (Å²) in [6.07, 6.45) is 2.60. The zero-order valence-electron chi connectivity index (χ0n) is 14.8. The van der Waals surface area contributed by atoms with Crippen molar-refractivity contribution in [2.45, 2.75) is 32.3 Å². The van der Waals surface area contributed by atoms with Gasteiger partial charge in [-0.3, -0.25) is 4.79 Å². The Morgan fingerprint density at radius 1 is 1.35 bits per heavy atom. The second-order valence-corrected chi connectivity index (χ2v) is 6.30. The van der Waals surface area contributed by atoms with E-state index in [2.05, 4.69) is 20.6 Å². The van der Waals surface area contributed by atoms with Gasteiger partial charge in [0.15, 0.2) is 0 Å². The van der Waals surface area contributed by atoms with E-state index in [0.29, 0.717) is 42.4 Å². The number of aryl methyl sites for hydroxylation is 1. The van der Waals surface area contributed by atoms with Crippen LogP contribution in [0.15, 0.2) is 30.3 Å². The van der Waals surface area contributed by atoms with E-state index in [1.54, 1.807) is 25.1 Å². The maximum atomic E-state index is 13.6. The summed E-state index contributed by atoms with van der Waals surface area (Å²) in [6.45, 7) is 3.48. The number of nitrogens with one attached hydrogen (secondary N) is 2. The van der Waals surface area contributed by atoms with Gasteiger partial charge < -0.3 is 15.4 Å². The molecule has 138 valence electrons. The molecule has 1 aliphatic rings. The van der Waals surface area contributed by atoms with Crippen molar-refractivity contribution in [2.75, 3.05) is 25.0 Å². The van der Waals surface area contributed by atoms with Crippen LogP contribution in [0.3, 0.4) is 0 Å². The minimum atomic E-state index is -0.247. The molecule has 3 rings (SSSR count). The van der Waals surface area contributed by atoms with Crippen LogP contribution >= 0.6 is 0 Å². The molecule has 0 saturated carbocycles. The summed E-state index contributed by atoms with van der Waals surface area (Å²) >= 11 is 0. The number of rotatable bonds is 7. The van der Waals surface area contributed by atoms with Crippen molar-refractivity contribution in [3.63, 3.8) is 0 Å². The Balaban J connectivity index is 1.56. The van der Waals surface area contributed by atoms with Crippen LogP contribution in [0.4, 0.5) is 10.2 Å². The van der Waals surface area contributed by atoms with Crippen LogP contribution in [0, 0.1) is 12.7 Å². The maximum absolute atomic E-state index is 13.6. The number of benzene rings is 1. The summed E-state index contributed by atoms with van der Waals surface area (Å²) < 4.78 is 19.1. The van der Waals surface area contributed by atoms with Crippen LogP contribution < -0.4 is 10.6 Å². The fourth-order valence-electron chi connectivity index (χ4n) is 2.90. The predicted octanol–water partition coefficient (Wildman–Crippen LogP) is 2.49. The molecular weight excluding hydrogens is 335 g/mol. The number of anilines is 1. The van der Waals surface area contributed by atoms with Gasteiger partial charge in [0.2, 0.25) is 0 Å². The van der Waals surface area contributed by atoms with Gasteiger partial charge in [-0.25, -0.2) is 14.4 Å². The molecule has 1 aromatic heterocycles. The molecule has 26 heavy (non-hydrogen) atoms. The summed E-state index contributed by atoms with van der Waals surface area (Å²) in [5.74, 6) is 0.588. The SMILES string of the molecule is Cc1nc(NCCc2ccccc2F)cc(C(=O)NCC2CCCO2)n1. The van der Waals surface area contributed by atoms with E-state index in [0.717, 1.165) is 19.4 Å². The van der Waals surface area contributed by atoms with Gasteiger partial charge in [-0.1, -0.05) is 18.2 Å². The minimum Gasteiger partial charge on any atom is -0.376 e. The van der Waals surface area contributed by atoms with E-state index in [1.165, 1.54) is 6.07 Å². The number of carbonyl (C=O) groups is 1. The van der Waals surface area contributed by atoms with E-state index in [1.807, 2.05) is 6.07 Å². The van der Waals surface area contributed by atoms with E-state index < -0.39 is 0 Å². The van der Waals surface area contributed by atoms with Crippen LogP contribution in [0.1, 0.15) is 34.7 Å². The number of nitrogens with zero attached hydrogens (tertiary/aromatic N) is 2. The van der Waals surface area contributed by atoms with Crippen molar-refractivity contribution in [2.24, 2.45) is 0 Å². The topological polar surface area (TPSA) is 76.1 Å². The third-order valence-corrected chi connectivity index (χ3v) is 4.24. The lowest BCUT2D eigenvalue weighted by atomic mass is 10.1. The second kappa shape index (κ2) is 8.71. The van der Waals surface area contributed by atoms with Gasteiger partial charge in [-0.2, -0.15) is 0 Å². The average molecular weight is 358 g/mol. The molecule has 1 atom stereocenters. The van der Waals surface area contributed by atoms with Gasteiger partial charge >= 0.3 is 0 Å². The molecule has 2 N–H and O–H groups in total. The molecule has 0 aliphatic carbocycles. The second-order valence-electron chi connectivity index (χ2n) is 6.30. The van der Waals surface area contributed by atoms with Crippen molar-refractivity contribution < 1.29 is 13.9 Å². The Morgan fingerprint density at radius 3 is 2.96 bits per heavy atom. The quantitative estimate of drug-likeness (QED) is 0.795. The molecule has 1 amide bonds. The lowest BCUT2D eigenvalue weighted by Gasteiger charge is -2.12. The van der Waals surface area contributed by atoms with E-state index in [4.69, 9.17) is 4.74 Å². The largest absolute Gasteiger partial charge is 0.376 e. The zero-order chi connectivity index (χ0) is 18.4. The van der Waals surface area contributed by atoms with Crippen molar-refractivity contribution in [3.8, 4) is 0 Å². The Kier molecular flexibility index (Phi) is 6.12. The van der Waals surface area contributed by atoms with Crippen molar-refractivity contribution in [1.29, 1.82) is 0 Å². The number of ether oxygens (including phenoxy) is 1. The van der Waals surface area contributed by atoms with Gasteiger partial charge in [-0.15, -0.1) is 0 Å². The molecule has 0 spiro atoms. The third-order valence-electron chi connectivity index (χ3n) is 4.24. The number of halogens is 1. The molecule has 1 fully saturated rings. The third kappa shape index (κ3) is 4.98. The van der Waals surface area contributed by atoms with E-state index >= 15 is 0 Å². The fourth-order valence-corrected chi connectivity index (χ4v) is 2.90. The van der Waals surface area contributed by atoms with E-state index in [-0.39, 0.29) is 17.8 Å². The van der Waals surface area contributed by atoms with Gasteiger partial charge in [-0.05, 0) is 37.8 Å². The Morgan fingerprint density at radius 2 is 2.19 bits per heavy atom. The lowest BCUT2D eigenvalue weighted by Crippen LogP contribution is -2.32. The Hall–Kier alpha value is -2.54. The van der Waals surface area contributed by atoms with Crippen molar-refractivity contribution in [1.82, 2.24) is 15.3 Å². The normalized spacial score (nSPS) is 16.5. The number of hydrogen-bond donors (Lipinski definition) is 2. The predicted molar refractivity (Wildman–Crippen MR) is 96.7 cm³/mol. The van der Waals surface area contributed by atoms with Crippen LogP contribution in [-0.4, -0.2) is 41.7 Å². The molecule has 1 aromatic carbocycles. The van der Waals surface area contributed by atoms with Gasteiger partial charge in [0.25, 0.3) is 5.91 Å². The average Bonchev–Trinajstić information content (AvgIpc) is 3.14. The van der Waals surface area contributed by atoms with Crippen LogP contribution in [0.2, 0.25) is 0 Å². The molecule has 2 heterocycles. The summed E-state index contributed by atoms with van der Waals surface area (Å²) in [7, 11) is 0. The molecule has 0 radical (unpaired) electrons. The molecule has 2 aromatic rings. The number of amides is 1. The summed E-state index contributed by atoms with van der Waals surface area (Å²) in [6, 6.07) is 8.29. The zero-order valence-corrected chi connectivity index (χ0v) is 14.8. The molecular formula is C19H23FN4O2. The summed E-state index contributed by atoms with van der Waals surface area (Å²) in [5, 5.41) is 5.98. The standard InChI is InChI=1S/C19H23FN4O2/c1-13-23-17(19(25)22-12-15-6-4-10-26-15)11-18(24-13)21-9-8-14-5-2-3-7-16(14)20/h2-3,5,7,11,15H,4,6,8-10,12H2,1H3,(H,22,25)(H,21,23,24). The van der Waals surface area contributed by atoms with E-state index in [9.17, 15) is 9.18 Å². The maximum Gasteiger partial charge on any atom is 0.270 e. The fraction of sp³-hybridized carbons (Fsp3) is 0.421. The minimum absolute atomic E-state index is 0.0836. The molecule has 6 nitrogen and oxygen atoms in total. The molecule has 1 aliphatic heterocycles. The highest BCUT2D eigenvalue weighted by molar-refractivity contribution is 5.92. The first-order chi connectivity index (χ1) is 12.6. The van der Waals surface area contributed by atoms with Crippen molar-refractivity contribution >= 4 is 11.7 Å². The first-order valence-electron chi connectivity index (χ1n) is 8.84. The highest BCUT2D eigenvalue weighted by Crippen LogP contribution is 2.12. The monoisotopic (exact) mass is 358 g/mol. The number of aromatic nitrogens is 2. The first-order valence-corrected chi connectivity index (χ1v) is 8.84. The Labute approximate surface area is 152 Å². The first kappa shape index (κ1) is 18.3. The molecule has 7 heteroatoms. The van der Waals surface area contributed by atoms with Crippen molar-refractivity contribution in [3.05, 3.63) is 53.2 Å². The van der Waals surface area contributed by atoms with Gasteiger partial charge in [0, 0.05) is 25.8 Å². The number of hydrogen-bond acceptors (Lipinski definition) is 5. The van der Waals surface area contributed by atoms with Gasteiger partial charge in [0.05, 0.1) is 6.10 Å². The summed E-state index contributed by atoms with van der Waals surface area (Å²) in [4.78, 5) is 20.8.